The minimum Gasteiger partial charge on any atom is -0.439 e. The normalized spacial score (nSPS) is 10.8. The lowest BCUT2D eigenvalue weighted by molar-refractivity contribution is 0.465. The molecule has 0 saturated carbocycles. The molecule has 5 rings (SSSR count). The number of ether oxygens (including phenoxy) is 1. The first kappa shape index (κ1) is 17.2. The van der Waals surface area contributed by atoms with Gasteiger partial charge in [-0.1, -0.05) is 97.1 Å². The maximum absolute atomic E-state index is 6.20. The molecule has 0 aliphatic rings. The van der Waals surface area contributed by atoms with E-state index in [0.717, 1.165) is 38.9 Å². The van der Waals surface area contributed by atoms with Gasteiger partial charge >= 0.3 is 0 Å². The van der Waals surface area contributed by atoms with Crippen LogP contribution in [0, 0.1) is 0 Å². The predicted molar refractivity (Wildman–Crippen MR) is 119 cm³/mol. The quantitative estimate of drug-likeness (QED) is 0.328. The van der Waals surface area contributed by atoms with Crippen LogP contribution in [0.25, 0.3) is 33.2 Å². The van der Waals surface area contributed by atoms with Gasteiger partial charge in [0.25, 0.3) is 0 Å². The molecule has 1 aromatic heterocycles. The van der Waals surface area contributed by atoms with Crippen LogP contribution in [0.5, 0.6) is 11.6 Å². The van der Waals surface area contributed by atoms with Gasteiger partial charge in [-0.05, 0) is 28.6 Å². The van der Waals surface area contributed by atoms with E-state index in [1.54, 1.807) is 0 Å². The average molecular weight is 373 g/mol. The zero-order valence-electron chi connectivity index (χ0n) is 15.8. The van der Waals surface area contributed by atoms with Gasteiger partial charge in [-0.2, -0.15) is 0 Å². The average Bonchev–Trinajstić information content (AvgIpc) is 2.80. The molecule has 1 heterocycles. The molecule has 0 aliphatic carbocycles. The van der Waals surface area contributed by atoms with E-state index in [1.165, 1.54) is 0 Å². The van der Waals surface area contributed by atoms with E-state index < -0.39 is 0 Å². The highest BCUT2D eigenvalue weighted by atomic mass is 16.5. The van der Waals surface area contributed by atoms with Crippen molar-refractivity contribution >= 4 is 10.8 Å². The molecule has 2 nitrogen and oxygen atoms in total. The minimum atomic E-state index is 0.591. The van der Waals surface area contributed by atoms with E-state index in [1.807, 2.05) is 72.8 Å². The number of benzene rings is 4. The van der Waals surface area contributed by atoms with Gasteiger partial charge in [0, 0.05) is 17.0 Å². The maximum atomic E-state index is 6.20. The minimum absolute atomic E-state index is 0.591. The zero-order valence-corrected chi connectivity index (χ0v) is 15.8. The molecule has 138 valence electrons. The second-order valence-corrected chi connectivity index (χ2v) is 6.89. The Bertz CT molecular complexity index is 1260. The summed E-state index contributed by atoms with van der Waals surface area (Å²) >= 11 is 0. The molecule has 0 fully saturated rings. The summed E-state index contributed by atoms with van der Waals surface area (Å²) in [5.41, 5.74) is 4.28. The van der Waals surface area contributed by atoms with Gasteiger partial charge in [-0.3, -0.25) is 0 Å². The Morgan fingerprint density at radius 2 is 1.17 bits per heavy atom. The molecule has 4 aromatic carbocycles. The Kier molecular flexibility index (Phi) is 4.51. The van der Waals surface area contributed by atoms with Gasteiger partial charge < -0.3 is 4.74 Å². The molecule has 0 amide bonds. The Morgan fingerprint density at radius 1 is 0.517 bits per heavy atom. The van der Waals surface area contributed by atoms with E-state index in [0.29, 0.717) is 5.88 Å². The van der Waals surface area contributed by atoms with Crippen LogP contribution >= 0.6 is 0 Å². The summed E-state index contributed by atoms with van der Waals surface area (Å²) in [7, 11) is 0. The first-order valence-electron chi connectivity index (χ1n) is 9.65. The molecule has 0 unspecified atom stereocenters. The van der Waals surface area contributed by atoms with E-state index in [-0.39, 0.29) is 0 Å². The summed E-state index contributed by atoms with van der Waals surface area (Å²) in [6.45, 7) is 0. The summed E-state index contributed by atoms with van der Waals surface area (Å²) in [5.74, 6) is 1.36. The Hall–Kier alpha value is -3.91. The van der Waals surface area contributed by atoms with Crippen molar-refractivity contribution in [2.45, 2.75) is 0 Å². The molecule has 29 heavy (non-hydrogen) atoms. The van der Waals surface area contributed by atoms with Crippen LogP contribution in [0.4, 0.5) is 0 Å². The third-order valence-corrected chi connectivity index (χ3v) is 4.93. The maximum Gasteiger partial charge on any atom is 0.220 e. The van der Waals surface area contributed by atoms with Crippen molar-refractivity contribution < 1.29 is 4.74 Å². The summed E-state index contributed by atoms with van der Waals surface area (Å²) in [5, 5.41) is 2.22. The van der Waals surface area contributed by atoms with Gasteiger partial charge in [-0.15, -0.1) is 0 Å². The van der Waals surface area contributed by atoms with Crippen molar-refractivity contribution in [3.63, 3.8) is 0 Å². The monoisotopic (exact) mass is 373 g/mol. The first-order valence-corrected chi connectivity index (χ1v) is 9.65. The van der Waals surface area contributed by atoms with E-state index in [2.05, 4.69) is 42.5 Å². The Balaban J connectivity index is 1.57. The van der Waals surface area contributed by atoms with Crippen molar-refractivity contribution in [2.24, 2.45) is 0 Å². The molecule has 0 atom stereocenters. The lowest BCUT2D eigenvalue weighted by atomic mass is 10.0. The highest BCUT2D eigenvalue weighted by Crippen LogP contribution is 2.32. The molecular formula is C27H19NO. The van der Waals surface area contributed by atoms with Crippen LogP contribution in [0.15, 0.2) is 115 Å². The van der Waals surface area contributed by atoms with Gasteiger partial charge in [0.15, 0.2) is 0 Å². The second-order valence-electron chi connectivity index (χ2n) is 6.89. The van der Waals surface area contributed by atoms with Crippen molar-refractivity contribution in [1.82, 2.24) is 4.98 Å². The molecule has 0 N–H and O–H groups in total. The van der Waals surface area contributed by atoms with Crippen molar-refractivity contribution in [3.8, 4) is 34.0 Å². The predicted octanol–water partition coefficient (Wildman–Crippen LogP) is 7.36. The van der Waals surface area contributed by atoms with Crippen LogP contribution in [-0.4, -0.2) is 4.98 Å². The summed E-state index contributed by atoms with van der Waals surface area (Å²) < 4.78 is 6.20. The van der Waals surface area contributed by atoms with Crippen molar-refractivity contribution in [3.05, 3.63) is 115 Å². The number of hydrogen-bond donors (Lipinski definition) is 0. The zero-order chi connectivity index (χ0) is 19.5. The molecule has 0 bridgehead atoms. The second kappa shape index (κ2) is 7.61. The van der Waals surface area contributed by atoms with Crippen LogP contribution in [0.1, 0.15) is 0 Å². The van der Waals surface area contributed by atoms with Crippen molar-refractivity contribution in [2.75, 3.05) is 0 Å². The fourth-order valence-corrected chi connectivity index (χ4v) is 3.53. The summed E-state index contributed by atoms with van der Waals surface area (Å²) in [4.78, 5) is 4.85. The van der Waals surface area contributed by atoms with Gasteiger partial charge in [0.2, 0.25) is 5.88 Å². The highest BCUT2D eigenvalue weighted by Gasteiger charge is 2.10. The SMILES string of the molecule is c1ccc(-c2cccc(Oc3cc4ccccc4c(-c4ccccc4)n3)c2)cc1. The Morgan fingerprint density at radius 3 is 1.97 bits per heavy atom. The number of rotatable bonds is 4. The fourth-order valence-electron chi connectivity index (χ4n) is 3.53. The number of hydrogen-bond acceptors (Lipinski definition) is 2. The van der Waals surface area contributed by atoms with Gasteiger partial charge in [0.05, 0.1) is 5.69 Å². The smallest absolute Gasteiger partial charge is 0.220 e. The molecule has 0 aliphatic heterocycles. The number of pyridine rings is 1. The van der Waals surface area contributed by atoms with Gasteiger partial charge in [-0.25, -0.2) is 4.98 Å². The summed E-state index contributed by atoms with van der Waals surface area (Å²) in [6, 6.07) is 38.9. The molecule has 2 heteroatoms. The Labute approximate surface area is 170 Å². The molecule has 0 spiro atoms. The van der Waals surface area contributed by atoms with E-state index in [4.69, 9.17) is 9.72 Å². The lowest BCUT2D eigenvalue weighted by Crippen LogP contribution is -1.93. The standard InChI is InChI=1S/C27H19NO/c1-3-10-20(11-4-1)22-15-9-16-24(18-22)29-26-19-23-14-7-8-17-25(23)27(28-26)21-12-5-2-6-13-21/h1-19H. The first-order chi connectivity index (χ1) is 14.4. The third-order valence-electron chi connectivity index (χ3n) is 4.93. The number of fused-ring (bicyclic) bond motifs is 1. The van der Waals surface area contributed by atoms with Crippen LogP contribution in [0.2, 0.25) is 0 Å². The molecule has 0 radical (unpaired) electrons. The fraction of sp³-hybridized carbons (Fsp3) is 0. The molecule has 5 aromatic rings. The van der Waals surface area contributed by atoms with Crippen LogP contribution in [-0.2, 0) is 0 Å². The topological polar surface area (TPSA) is 22.1 Å². The van der Waals surface area contributed by atoms with E-state index in [9.17, 15) is 0 Å². The van der Waals surface area contributed by atoms with Gasteiger partial charge in [0.1, 0.15) is 5.75 Å². The van der Waals surface area contributed by atoms with Crippen LogP contribution < -0.4 is 4.74 Å². The highest BCUT2D eigenvalue weighted by molar-refractivity contribution is 5.95. The largest absolute Gasteiger partial charge is 0.439 e. The number of nitrogens with zero attached hydrogens (tertiary/aromatic N) is 1. The third kappa shape index (κ3) is 3.61. The molecular weight excluding hydrogens is 354 g/mol. The lowest BCUT2D eigenvalue weighted by Gasteiger charge is -2.11. The summed E-state index contributed by atoms with van der Waals surface area (Å²) in [6.07, 6.45) is 0. The van der Waals surface area contributed by atoms with E-state index >= 15 is 0 Å². The van der Waals surface area contributed by atoms with Crippen molar-refractivity contribution in [1.29, 1.82) is 0 Å². The van der Waals surface area contributed by atoms with Crippen LogP contribution in [0.3, 0.4) is 0 Å². The number of aromatic nitrogens is 1. The molecule has 0 saturated heterocycles.